The van der Waals surface area contributed by atoms with Gasteiger partial charge in [-0.05, 0) is 36.4 Å². The first-order valence-corrected chi connectivity index (χ1v) is 11.8. The Hall–Kier alpha value is -4.02. The van der Waals surface area contributed by atoms with Crippen LogP contribution in [0.25, 0.3) is 33.8 Å². The maximum Gasteiger partial charge on any atom is 3.00 e. The standard InChI is InChI=1S/3C11H9N.In/c3*1-2-6-10(7-3-1)11-8-4-5-9-12-11;/h3*1-9H;/q;;;+3. The Morgan fingerprint density at radius 1 is 0.270 bits per heavy atom. The topological polar surface area (TPSA) is 38.7 Å². The molecule has 0 unspecified atom stereocenters. The van der Waals surface area contributed by atoms with Gasteiger partial charge in [-0.1, -0.05) is 109 Å². The SMILES string of the molecule is [In+3].c1ccc(-c2ccccn2)cc1.c1ccc(-c2ccccn2)cc1.c1ccc(-c2ccccn2)cc1. The third-order valence-corrected chi connectivity index (χ3v) is 5.20. The molecule has 0 bridgehead atoms. The quantitative estimate of drug-likeness (QED) is 0.214. The number of pyridine rings is 3. The second-order valence-electron chi connectivity index (χ2n) is 7.74. The summed E-state index contributed by atoms with van der Waals surface area (Å²) in [5.74, 6) is 0. The summed E-state index contributed by atoms with van der Waals surface area (Å²) in [7, 11) is 0. The number of aromatic nitrogens is 3. The van der Waals surface area contributed by atoms with Gasteiger partial charge in [0, 0.05) is 35.3 Å². The van der Waals surface area contributed by atoms with E-state index in [1.54, 1.807) is 0 Å². The Labute approximate surface area is 237 Å². The molecule has 0 saturated carbocycles. The summed E-state index contributed by atoms with van der Waals surface area (Å²) in [6, 6.07) is 48.3. The molecule has 3 aromatic carbocycles. The van der Waals surface area contributed by atoms with E-state index < -0.39 is 0 Å². The summed E-state index contributed by atoms with van der Waals surface area (Å²) in [6.45, 7) is 0. The van der Waals surface area contributed by atoms with Gasteiger partial charge in [0.2, 0.25) is 0 Å². The molecule has 0 amide bonds. The molecule has 174 valence electrons. The van der Waals surface area contributed by atoms with Gasteiger partial charge in [-0.3, -0.25) is 15.0 Å². The molecule has 6 aromatic rings. The molecule has 0 N–H and O–H groups in total. The molecule has 0 saturated heterocycles. The van der Waals surface area contributed by atoms with Crippen LogP contribution in [0.3, 0.4) is 0 Å². The molecule has 0 radical (unpaired) electrons. The van der Waals surface area contributed by atoms with E-state index in [0.717, 1.165) is 33.8 Å². The van der Waals surface area contributed by atoms with Gasteiger partial charge in [-0.15, -0.1) is 0 Å². The van der Waals surface area contributed by atoms with Gasteiger partial charge in [-0.2, -0.15) is 0 Å². The van der Waals surface area contributed by atoms with Crippen molar-refractivity contribution in [3.05, 3.63) is 164 Å². The third kappa shape index (κ3) is 9.17. The summed E-state index contributed by atoms with van der Waals surface area (Å²) in [6.07, 6.45) is 5.42. The second kappa shape index (κ2) is 15.9. The fraction of sp³-hybridized carbons (Fsp3) is 0. The Balaban J connectivity index is 0.000000152. The molecule has 3 heterocycles. The van der Waals surface area contributed by atoms with Crippen molar-refractivity contribution in [3.8, 4) is 33.8 Å². The van der Waals surface area contributed by atoms with E-state index >= 15 is 0 Å². The van der Waals surface area contributed by atoms with Crippen molar-refractivity contribution in [2.45, 2.75) is 0 Å². The van der Waals surface area contributed by atoms with Gasteiger partial charge >= 0.3 is 25.8 Å². The van der Waals surface area contributed by atoms with Gasteiger partial charge in [0.15, 0.2) is 0 Å². The first-order chi connectivity index (χ1) is 17.9. The average molecular weight is 580 g/mol. The molecule has 0 atom stereocenters. The van der Waals surface area contributed by atoms with E-state index in [2.05, 4.69) is 51.4 Å². The van der Waals surface area contributed by atoms with Crippen molar-refractivity contribution in [1.29, 1.82) is 0 Å². The Bertz CT molecular complexity index is 1090. The zero-order chi connectivity index (χ0) is 24.7. The van der Waals surface area contributed by atoms with Crippen LogP contribution in [-0.2, 0) is 0 Å². The van der Waals surface area contributed by atoms with Crippen LogP contribution < -0.4 is 0 Å². The number of nitrogens with zero attached hydrogens (tertiary/aromatic N) is 3. The minimum absolute atomic E-state index is 0. The largest absolute Gasteiger partial charge is 3.00 e. The fourth-order valence-corrected chi connectivity index (χ4v) is 3.43. The van der Waals surface area contributed by atoms with Crippen LogP contribution in [0.15, 0.2) is 164 Å². The fourth-order valence-electron chi connectivity index (χ4n) is 3.43. The van der Waals surface area contributed by atoms with Gasteiger partial charge in [0.1, 0.15) is 0 Å². The molecule has 0 fully saturated rings. The molecule has 6 rings (SSSR count). The Kier molecular flexibility index (Phi) is 11.8. The summed E-state index contributed by atoms with van der Waals surface area (Å²) in [5.41, 5.74) is 6.57. The molecule has 3 aromatic heterocycles. The Morgan fingerprint density at radius 3 is 0.730 bits per heavy atom. The number of benzene rings is 3. The number of hydrogen-bond donors (Lipinski definition) is 0. The molecular weight excluding hydrogens is 553 g/mol. The van der Waals surface area contributed by atoms with E-state index in [1.165, 1.54) is 0 Å². The minimum atomic E-state index is 0. The van der Waals surface area contributed by atoms with Crippen LogP contribution in [0.5, 0.6) is 0 Å². The van der Waals surface area contributed by atoms with E-state index in [-0.39, 0.29) is 25.8 Å². The first-order valence-electron chi connectivity index (χ1n) is 11.8. The summed E-state index contributed by atoms with van der Waals surface area (Å²) in [4.78, 5) is 12.7. The second-order valence-corrected chi connectivity index (χ2v) is 7.74. The first kappa shape index (κ1) is 27.6. The number of rotatable bonds is 3. The molecule has 0 aliphatic heterocycles. The van der Waals surface area contributed by atoms with Crippen molar-refractivity contribution in [1.82, 2.24) is 15.0 Å². The summed E-state index contributed by atoms with van der Waals surface area (Å²) >= 11 is 0. The van der Waals surface area contributed by atoms with Crippen molar-refractivity contribution in [2.24, 2.45) is 0 Å². The van der Waals surface area contributed by atoms with Crippen LogP contribution in [0.2, 0.25) is 0 Å². The van der Waals surface area contributed by atoms with Crippen LogP contribution in [0.4, 0.5) is 0 Å². The normalized spacial score (nSPS) is 9.41. The van der Waals surface area contributed by atoms with Crippen molar-refractivity contribution in [3.63, 3.8) is 0 Å². The van der Waals surface area contributed by atoms with Crippen molar-refractivity contribution < 1.29 is 0 Å². The van der Waals surface area contributed by atoms with Crippen molar-refractivity contribution >= 4 is 25.8 Å². The van der Waals surface area contributed by atoms with Gasteiger partial charge < -0.3 is 0 Å². The predicted molar refractivity (Wildman–Crippen MR) is 155 cm³/mol. The zero-order valence-corrected chi connectivity index (χ0v) is 23.8. The van der Waals surface area contributed by atoms with Crippen LogP contribution >= 0.6 is 0 Å². The zero-order valence-electron chi connectivity index (χ0n) is 20.5. The summed E-state index contributed by atoms with van der Waals surface area (Å²) < 4.78 is 0. The molecule has 0 aliphatic rings. The minimum Gasteiger partial charge on any atom is -0.256 e. The summed E-state index contributed by atoms with van der Waals surface area (Å²) in [5, 5.41) is 0. The van der Waals surface area contributed by atoms with Crippen LogP contribution in [0.1, 0.15) is 0 Å². The molecule has 37 heavy (non-hydrogen) atoms. The van der Waals surface area contributed by atoms with Gasteiger partial charge in [0.25, 0.3) is 0 Å². The maximum atomic E-state index is 4.25. The van der Waals surface area contributed by atoms with Crippen molar-refractivity contribution in [2.75, 3.05) is 0 Å². The van der Waals surface area contributed by atoms with E-state index in [4.69, 9.17) is 0 Å². The number of hydrogen-bond acceptors (Lipinski definition) is 3. The molecule has 0 spiro atoms. The van der Waals surface area contributed by atoms with E-state index in [1.807, 2.05) is 128 Å². The third-order valence-electron chi connectivity index (χ3n) is 5.20. The van der Waals surface area contributed by atoms with Crippen LogP contribution in [0, 0.1) is 0 Å². The molecule has 4 heteroatoms. The molecular formula is C33H27InN3+3. The van der Waals surface area contributed by atoms with Gasteiger partial charge in [0.05, 0.1) is 17.1 Å². The monoisotopic (exact) mass is 580 g/mol. The average Bonchev–Trinajstić information content (AvgIpc) is 3.01. The predicted octanol–water partition coefficient (Wildman–Crippen LogP) is 7.87. The smallest absolute Gasteiger partial charge is 0.256 e. The van der Waals surface area contributed by atoms with Gasteiger partial charge in [-0.25, -0.2) is 0 Å². The molecule has 3 nitrogen and oxygen atoms in total. The molecule has 0 aliphatic carbocycles. The van der Waals surface area contributed by atoms with E-state index in [0.29, 0.717) is 0 Å². The van der Waals surface area contributed by atoms with E-state index in [9.17, 15) is 0 Å². The maximum absolute atomic E-state index is 4.25. The van der Waals surface area contributed by atoms with Crippen LogP contribution in [-0.4, -0.2) is 40.8 Å². The Morgan fingerprint density at radius 2 is 0.514 bits per heavy atom.